The van der Waals surface area contributed by atoms with Gasteiger partial charge in [-0.2, -0.15) is 0 Å². The van der Waals surface area contributed by atoms with Gasteiger partial charge in [-0.25, -0.2) is 17.9 Å². The summed E-state index contributed by atoms with van der Waals surface area (Å²) < 4.78 is 36.1. The second kappa shape index (κ2) is 6.54. The van der Waals surface area contributed by atoms with Gasteiger partial charge < -0.3 is 5.32 Å². The fourth-order valence-electron chi connectivity index (χ4n) is 2.29. The van der Waals surface area contributed by atoms with Gasteiger partial charge in [0.25, 0.3) is 0 Å². The molecule has 0 radical (unpaired) electrons. The standard InChI is InChI=1S/C14H23FN2O2S/c1-9(2)12(10(3)4)8-17-14-6-5-11(7-13(14)15)20(16,18)19/h5-7,9-10,12,17H,8H2,1-4H3,(H2,16,18,19). The molecule has 20 heavy (non-hydrogen) atoms. The third kappa shape index (κ3) is 4.45. The van der Waals surface area contributed by atoms with Crippen molar-refractivity contribution in [3.63, 3.8) is 0 Å². The van der Waals surface area contributed by atoms with Crippen molar-refractivity contribution in [1.29, 1.82) is 0 Å². The molecule has 0 fully saturated rings. The van der Waals surface area contributed by atoms with E-state index in [1.54, 1.807) is 0 Å². The predicted molar refractivity (Wildman–Crippen MR) is 79.4 cm³/mol. The molecule has 0 heterocycles. The van der Waals surface area contributed by atoms with Crippen LogP contribution in [-0.4, -0.2) is 15.0 Å². The smallest absolute Gasteiger partial charge is 0.238 e. The second-order valence-electron chi connectivity index (χ2n) is 5.72. The highest BCUT2D eigenvalue weighted by molar-refractivity contribution is 7.89. The molecule has 0 aliphatic carbocycles. The Morgan fingerprint density at radius 3 is 2.15 bits per heavy atom. The van der Waals surface area contributed by atoms with Crippen molar-refractivity contribution in [3.05, 3.63) is 24.0 Å². The maximum Gasteiger partial charge on any atom is 0.238 e. The highest BCUT2D eigenvalue weighted by Gasteiger charge is 2.18. The van der Waals surface area contributed by atoms with E-state index in [4.69, 9.17) is 5.14 Å². The first kappa shape index (κ1) is 16.9. The molecule has 1 rings (SSSR count). The van der Waals surface area contributed by atoms with Gasteiger partial charge in [0, 0.05) is 6.54 Å². The van der Waals surface area contributed by atoms with Crippen molar-refractivity contribution < 1.29 is 12.8 Å². The molecule has 0 saturated carbocycles. The Labute approximate surface area is 120 Å². The van der Waals surface area contributed by atoms with Gasteiger partial charge in [0.15, 0.2) is 0 Å². The Hall–Kier alpha value is -1.14. The molecule has 0 saturated heterocycles. The van der Waals surface area contributed by atoms with Crippen LogP contribution >= 0.6 is 0 Å². The van der Waals surface area contributed by atoms with Gasteiger partial charge in [-0.1, -0.05) is 27.7 Å². The lowest BCUT2D eigenvalue weighted by Gasteiger charge is -2.25. The SMILES string of the molecule is CC(C)C(CNc1ccc(S(N)(=O)=O)cc1F)C(C)C. The number of nitrogens with two attached hydrogens (primary N) is 1. The van der Waals surface area contributed by atoms with Gasteiger partial charge in [0.2, 0.25) is 10.0 Å². The summed E-state index contributed by atoms with van der Waals surface area (Å²) in [5.41, 5.74) is 0.295. The van der Waals surface area contributed by atoms with Crippen molar-refractivity contribution >= 4 is 15.7 Å². The van der Waals surface area contributed by atoms with E-state index in [2.05, 4.69) is 33.0 Å². The maximum absolute atomic E-state index is 13.9. The van der Waals surface area contributed by atoms with Crippen molar-refractivity contribution in [2.75, 3.05) is 11.9 Å². The maximum atomic E-state index is 13.9. The minimum atomic E-state index is -3.87. The summed E-state index contributed by atoms with van der Waals surface area (Å²) in [6.07, 6.45) is 0. The van der Waals surface area contributed by atoms with Crippen molar-refractivity contribution in [2.45, 2.75) is 32.6 Å². The number of benzene rings is 1. The molecule has 4 nitrogen and oxygen atoms in total. The molecule has 3 N–H and O–H groups in total. The Morgan fingerprint density at radius 2 is 1.75 bits per heavy atom. The van der Waals surface area contributed by atoms with Crippen LogP contribution in [0, 0.1) is 23.6 Å². The van der Waals surface area contributed by atoms with Gasteiger partial charge in [0.1, 0.15) is 5.82 Å². The molecular weight excluding hydrogens is 279 g/mol. The van der Waals surface area contributed by atoms with Crippen LogP contribution in [0.1, 0.15) is 27.7 Å². The van der Waals surface area contributed by atoms with Gasteiger partial charge in [-0.3, -0.25) is 0 Å². The van der Waals surface area contributed by atoms with E-state index in [0.29, 0.717) is 30.0 Å². The molecule has 114 valence electrons. The van der Waals surface area contributed by atoms with Crippen molar-refractivity contribution in [3.8, 4) is 0 Å². The number of rotatable bonds is 6. The summed E-state index contributed by atoms with van der Waals surface area (Å²) in [5.74, 6) is 0.763. The lowest BCUT2D eigenvalue weighted by atomic mass is 9.85. The van der Waals surface area contributed by atoms with E-state index in [1.165, 1.54) is 12.1 Å². The highest BCUT2D eigenvalue weighted by Crippen LogP contribution is 2.23. The topological polar surface area (TPSA) is 72.2 Å². The van der Waals surface area contributed by atoms with Crippen LogP contribution in [0.25, 0.3) is 0 Å². The van der Waals surface area contributed by atoms with Crippen LogP contribution < -0.4 is 10.5 Å². The van der Waals surface area contributed by atoms with Crippen molar-refractivity contribution in [2.24, 2.45) is 22.9 Å². The number of sulfonamides is 1. The molecule has 0 unspecified atom stereocenters. The van der Waals surface area contributed by atoms with E-state index in [9.17, 15) is 12.8 Å². The van der Waals surface area contributed by atoms with Crippen LogP contribution in [0.5, 0.6) is 0 Å². The van der Waals surface area contributed by atoms with E-state index in [1.807, 2.05) is 0 Å². The zero-order valence-electron chi connectivity index (χ0n) is 12.4. The monoisotopic (exact) mass is 302 g/mol. The molecule has 0 aliphatic heterocycles. The summed E-state index contributed by atoms with van der Waals surface area (Å²) in [5, 5.41) is 8.01. The number of nitrogens with one attached hydrogen (secondary N) is 1. The molecule has 1 aromatic carbocycles. The van der Waals surface area contributed by atoms with Crippen LogP contribution in [0.2, 0.25) is 0 Å². The van der Waals surface area contributed by atoms with Crippen molar-refractivity contribution in [1.82, 2.24) is 0 Å². The van der Waals surface area contributed by atoms with E-state index in [0.717, 1.165) is 6.07 Å². The molecule has 0 bridgehead atoms. The van der Waals surface area contributed by atoms with E-state index in [-0.39, 0.29) is 4.90 Å². The molecule has 0 aliphatic rings. The van der Waals surface area contributed by atoms with Gasteiger partial charge >= 0.3 is 0 Å². The normalized spacial score (nSPS) is 12.4. The number of hydrogen-bond acceptors (Lipinski definition) is 3. The second-order valence-corrected chi connectivity index (χ2v) is 7.28. The molecule has 1 aromatic rings. The van der Waals surface area contributed by atoms with Gasteiger partial charge in [-0.15, -0.1) is 0 Å². The molecular formula is C14H23FN2O2S. The number of hydrogen-bond donors (Lipinski definition) is 2. The molecule has 6 heteroatoms. The van der Waals surface area contributed by atoms with E-state index < -0.39 is 15.8 Å². The largest absolute Gasteiger partial charge is 0.382 e. The zero-order valence-corrected chi connectivity index (χ0v) is 13.2. The van der Waals surface area contributed by atoms with E-state index >= 15 is 0 Å². The Kier molecular flexibility index (Phi) is 5.53. The Bertz CT molecular complexity index is 548. The molecule has 0 amide bonds. The summed E-state index contributed by atoms with van der Waals surface area (Å²) in [6.45, 7) is 9.17. The summed E-state index contributed by atoms with van der Waals surface area (Å²) in [4.78, 5) is -0.218. The van der Waals surface area contributed by atoms with Crippen LogP contribution in [0.4, 0.5) is 10.1 Å². The molecule has 0 aromatic heterocycles. The summed E-state index contributed by atoms with van der Waals surface area (Å²) >= 11 is 0. The zero-order chi connectivity index (χ0) is 15.5. The number of anilines is 1. The van der Waals surface area contributed by atoms with Gasteiger partial charge in [0.05, 0.1) is 10.6 Å². The lowest BCUT2D eigenvalue weighted by Crippen LogP contribution is -2.25. The average molecular weight is 302 g/mol. The first-order valence-electron chi connectivity index (χ1n) is 6.69. The third-order valence-corrected chi connectivity index (χ3v) is 4.42. The quantitative estimate of drug-likeness (QED) is 0.848. The highest BCUT2D eigenvalue weighted by atomic mass is 32.2. The first-order valence-corrected chi connectivity index (χ1v) is 8.23. The van der Waals surface area contributed by atoms with Crippen LogP contribution in [0.15, 0.2) is 23.1 Å². The fraction of sp³-hybridized carbons (Fsp3) is 0.571. The lowest BCUT2D eigenvalue weighted by molar-refractivity contribution is 0.304. The Balaban J connectivity index is 2.84. The minimum absolute atomic E-state index is 0.218. The van der Waals surface area contributed by atoms with Crippen LogP contribution in [-0.2, 0) is 10.0 Å². The molecule has 0 spiro atoms. The minimum Gasteiger partial charge on any atom is -0.382 e. The number of primary sulfonamides is 1. The first-order chi connectivity index (χ1) is 9.12. The summed E-state index contributed by atoms with van der Waals surface area (Å²) in [7, 11) is -3.87. The Morgan fingerprint density at radius 1 is 1.20 bits per heavy atom. The predicted octanol–water partition coefficient (Wildman–Crippen LogP) is 2.81. The third-order valence-electron chi connectivity index (χ3n) is 3.51. The van der Waals surface area contributed by atoms with Crippen LogP contribution in [0.3, 0.4) is 0 Å². The fourth-order valence-corrected chi connectivity index (χ4v) is 2.81. The average Bonchev–Trinajstić information content (AvgIpc) is 2.28. The summed E-state index contributed by atoms with van der Waals surface area (Å²) in [6, 6.07) is 3.66. The number of halogens is 1. The molecule has 0 atom stereocenters. The van der Waals surface area contributed by atoms with Gasteiger partial charge in [-0.05, 0) is 36.0 Å².